The molecule has 33 heavy (non-hydrogen) atoms. The number of hydrogen-bond acceptors (Lipinski definition) is 3. The first-order chi connectivity index (χ1) is 15.6. The van der Waals surface area contributed by atoms with Crippen LogP contribution < -0.4 is 10.6 Å². The summed E-state index contributed by atoms with van der Waals surface area (Å²) in [5, 5.41) is 5.88. The van der Waals surface area contributed by atoms with E-state index in [9.17, 15) is 22.8 Å². The Morgan fingerprint density at radius 2 is 1.70 bits per heavy atom. The molecule has 0 aromatic heterocycles. The van der Waals surface area contributed by atoms with Gasteiger partial charge in [-0.05, 0) is 75.1 Å². The minimum absolute atomic E-state index is 0.105. The maximum atomic E-state index is 14.9. The molecule has 1 spiro atoms. The molecule has 2 N–H and O–H groups in total. The van der Waals surface area contributed by atoms with Crippen LogP contribution in [0.2, 0.25) is 0 Å². The van der Waals surface area contributed by atoms with E-state index in [1.165, 1.54) is 12.1 Å². The Hall–Kier alpha value is -2.09. The Morgan fingerprint density at radius 1 is 1.09 bits per heavy atom. The quantitative estimate of drug-likeness (QED) is 0.609. The van der Waals surface area contributed by atoms with Crippen LogP contribution in [0.5, 0.6) is 0 Å². The van der Waals surface area contributed by atoms with Gasteiger partial charge < -0.3 is 15.5 Å². The summed E-state index contributed by atoms with van der Waals surface area (Å²) in [5.41, 5.74) is 0.184. The monoisotopic (exact) mass is 463 g/mol. The third-order valence-corrected chi connectivity index (χ3v) is 8.06. The van der Waals surface area contributed by atoms with Gasteiger partial charge in [0.2, 0.25) is 17.7 Å². The van der Waals surface area contributed by atoms with Crippen molar-refractivity contribution < 1.29 is 22.8 Å². The number of benzene rings is 1. The molecule has 1 heterocycles. The zero-order valence-corrected chi connectivity index (χ0v) is 19.2. The summed E-state index contributed by atoms with van der Waals surface area (Å²) in [7, 11) is 1.78. The smallest absolute Gasteiger partial charge is 0.249 e. The molecule has 5 nitrogen and oxygen atoms in total. The molecule has 3 saturated carbocycles. The van der Waals surface area contributed by atoms with E-state index in [1.807, 2.05) is 0 Å². The number of halogens is 3. The maximum absolute atomic E-state index is 14.9. The summed E-state index contributed by atoms with van der Waals surface area (Å²) in [6.45, 7) is 2.39. The molecule has 4 fully saturated rings. The number of alkyl halides is 2. The van der Waals surface area contributed by atoms with E-state index < -0.39 is 23.1 Å². The first kappa shape index (κ1) is 22.7. The predicted octanol–water partition coefficient (Wildman–Crippen LogP) is 4.15. The molecule has 1 aliphatic heterocycles. The van der Waals surface area contributed by atoms with Crippen molar-refractivity contribution in [1.82, 2.24) is 10.2 Å². The van der Waals surface area contributed by atoms with Crippen LogP contribution in [0.15, 0.2) is 18.2 Å². The van der Waals surface area contributed by atoms with E-state index in [2.05, 4.69) is 10.6 Å². The molecular formula is C25H32F3N3O2. The molecule has 2 amide bonds. The zero-order chi connectivity index (χ0) is 23.5. The fourth-order valence-corrected chi connectivity index (χ4v) is 6.11. The highest BCUT2D eigenvalue weighted by molar-refractivity contribution is 5.95. The van der Waals surface area contributed by atoms with E-state index in [4.69, 9.17) is 0 Å². The molecule has 4 aliphatic rings. The van der Waals surface area contributed by atoms with Crippen LogP contribution in [0.1, 0.15) is 56.9 Å². The normalized spacial score (nSPS) is 24.7. The van der Waals surface area contributed by atoms with Crippen LogP contribution in [-0.4, -0.2) is 48.8 Å². The molecule has 1 saturated heterocycles. The van der Waals surface area contributed by atoms with Crippen LogP contribution in [0, 0.1) is 29.0 Å². The third-order valence-electron chi connectivity index (χ3n) is 8.06. The summed E-state index contributed by atoms with van der Waals surface area (Å²) in [5.74, 6) is -2.72. The van der Waals surface area contributed by atoms with Crippen LogP contribution in [-0.2, 0) is 9.59 Å². The van der Waals surface area contributed by atoms with Gasteiger partial charge in [-0.1, -0.05) is 6.07 Å². The number of carbonyl (C=O) groups is 2. The Balaban J connectivity index is 1.20. The predicted molar refractivity (Wildman–Crippen MR) is 118 cm³/mol. The maximum Gasteiger partial charge on any atom is 0.249 e. The zero-order valence-electron chi connectivity index (χ0n) is 19.2. The van der Waals surface area contributed by atoms with Crippen LogP contribution in [0.3, 0.4) is 0 Å². The minimum Gasteiger partial charge on any atom is -0.341 e. The van der Waals surface area contributed by atoms with Gasteiger partial charge >= 0.3 is 0 Å². The summed E-state index contributed by atoms with van der Waals surface area (Å²) in [4.78, 5) is 27.3. The lowest BCUT2D eigenvalue weighted by molar-refractivity contribution is -0.215. The Bertz CT molecular complexity index is 932. The van der Waals surface area contributed by atoms with Crippen molar-refractivity contribution >= 4 is 17.5 Å². The molecule has 180 valence electrons. The summed E-state index contributed by atoms with van der Waals surface area (Å²) in [6, 6.07) is 4.11. The Morgan fingerprint density at radius 3 is 2.18 bits per heavy atom. The van der Waals surface area contributed by atoms with E-state index >= 15 is 0 Å². The molecule has 1 aromatic rings. The van der Waals surface area contributed by atoms with Crippen LogP contribution in [0.25, 0.3) is 0 Å². The van der Waals surface area contributed by atoms with Crippen LogP contribution >= 0.6 is 0 Å². The number of nitrogens with zero attached hydrogens (tertiary/aromatic N) is 1. The minimum atomic E-state index is -2.60. The molecule has 2 atom stereocenters. The van der Waals surface area contributed by atoms with Crippen molar-refractivity contribution in [3.05, 3.63) is 29.6 Å². The number of hydrogen-bond donors (Lipinski definition) is 2. The van der Waals surface area contributed by atoms with Crippen molar-refractivity contribution in [2.24, 2.45) is 23.2 Å². The van der Waals surface area contributed by atoms with Crippen molar-refractivity contribution in [2.45, 2.75) is 63.3 Å². The first-order valence-corrected chi connectivity index (χ1v) is 12.1. The standard InChI is InChI=1S/C25H32F3N3O2/c1-14(23(33)31-12-24(13-31)10-25(27,28)11-24)17-7-8-19(18(26)9-17)30-22(32)21(29-2)20(15-3-4-15)16-5-6-16/h7-9,14-16,20-21,29H,3-6,10-13H2,1-2H3,(H,30,32). The molecule has 1 aromatic carbocycles. The van der Waals surface area contributed by atoms with Gasteiger partial charge in [-0.2, -0.15) is 0 Å². The van der Waals surface area contributed by atoms with Gasteiger partial charge in [0.15, 0.2) is 0 Å². The Labute approximate surface area is 192 Å². The second-order valence-electron chi connectivity index (χ2n) is 10.9. The summed E-state index contributed by atoms with van der Waals surface area (Å²) < 4.78 is 41.3. The van der Waals surface area contributed by atoms with Crippen molar-refractivity contribution in [1.29, 1.82) is 0 Å². The highest BCUT2D eigenvalue weighted by Crippen LogP contribution is 2.57. The van der Waals surface area contributed by atoms with Gasteiger partial charge in [0.25, 0.3) is 0 Å². The fourth-order valence-electron chi connectivity index (χ4n) is 6.11. The third kappa shape index (κ3) is 4.38. The lowest BCUT2D eigenvalue weighted by Crippen LogP contribution is -2.67. The fraction of sp³-hybridized carbons (Fsp3) is 0.680. The van der Waals surface area contributed by atoms with Gasteiger partial charge in [0, 0.05) is 31.3 Å². The van der Waals surface area contributed by atoms with E-state index in [0.717, 1.165) is 25.7 Å². The van der Waals surface area contributed by atoms with Gasteiger partial charge in [0.1, 0.15) is 5.82 Å². The van der Waals surface area contributed by atoms with Crippen molar-refractivity contribution in [3.63, 3.8) is 0 Å². The second kappa shape index (κ2) is 8.00. The number of likely N-dealkylation sites (N-methyl/N-ethyl adjacent to an activating group) is 1. The lowest BCUT2D eigenvalue weighted by Gasteiger charge is -2.58. The van der Waals surface area contributed by atoms with Gasteiger partial charge in [0.05, 0.1) is 17.6 Å². The van der Waals surface area contributed by atoms with Gasteiger partial charge in [-0.25, -0.2) is 13.2 Å². The average Bonchev–Trinajstić information content (AvgIpc) is 3.62. The SMILES string of the molecule is CNC(C(=O)Nc1ccc(C(C)C(=O)N2CC3(C2)CC(F)(F)C3)cc1F)C(C1CC1)C1CC1. The molecule has 3 aliphatic carbocycles. The highest BCUT2D eigenvalue weighted by Gasteiger charge is 2.62. The van der Waals surface area contributed by atoms with Crippen LogP contribution in [0.4, 0.5) is 18.9 Å². The number of amides is 2. The number of rotatable bonds is 8. The molecule has 5 rings (SSSR count). The van der Waals surface area contributed by atoms with Crippen molar-refractivity contribution in [2.75, 3.05) is 25.5 Å². The van der Waals surface area contributed by atoms with E-state index in [0.29, 0.717) is 36.4 Å². The molecule has 8 heteroatoms. The van der Waals surface area contributed by atoms with Gasteiger partial charge in [-0.15, -0.1) is 0 Å². The number of likely N-dealkylation sites (tertiary alicyclic amines) is 1. The summed E-state index contributed by atoms with van der Waals surface area (Å²) >= 11 is 0. The van der Waals surface area contributed by atoms with Crippen molar-refractivity contribution in [3.8, 4) is 0 Å². The molecular weight excluding hydrogens is 431 g/mol. The summed E-state index contributed by atoms with van der Waals surface area (Å²) in [6.07, 6.45) is 4.31. The largest absolute Gasteiger partial charge is 0.341 e. The highest BCUT2D eigenvalue weighted by atomic mass is 19.3. The van der Waals surface area contributed by atoms with E-state index in [1.54, 1.807) is 24.9 Å². The Kier molecular flexibility index (Phi) is 5.50. The molecule has 2 unspecified atom stereocenters. The average molecular weight is 464 g/mol. The number of carbonyl (C=O) groups excluding carboxylic acids is 2. The number of nitrogens with one attached hydrogen (secondary N) is 2. The topological polar surface area (TPSA) is 61.4 Å². The first-order valence-electron chi connectivity index (χ1n) is 12.1. The lowest BCUT2D eigenvalue weighted by atomic mass is 9.61. The second-order valence-corrected chi connectivity index (χ2v) is 10.9. The molecule has 0 bridgehead atoms. The molecule has 0 radical (unpaired) electrons. The van der Waals surface area contributed by atoms with Gasteiger partial charge in [-0.3, -0.25) is 9.59 Å². The van der Waals surface area contributed by atoms with E-state index in [-0.39, 0.29) is 36.4 Å². The number of anilines is 1.